The summed E-state index contributed by atoms with van der Waals surface area (Å²) in [7, 11) is 0. The second-order valence-electron chi connectivity index (χ2n) is 7.05. The van der Waals surface area contributed by atoms with E-state index in [9.17, 15) is 9.90 Å². The van der Waals surface area contributed by atoms with E-state index < -0.39 is 17.2 Å². The Morgan fingerprint density at radius 3 is 1.73 bits per heavy atom. The smallest absolute Gasteiger partial charge is 0.348 e. The summed E-state index contributed by atoms with van der Waals surface area (Å²) in [6, 6.07) is 17.9. The summed E-state index contributed by atoms with van der Waals surface area (Å²) in [4.78, 5) is 15.3. The Morgan fingerprint density at radius 1 is 0.923 bits per heavy atom. The fourth-order valence-electron chi connectivity index (χ4n) is 3.10. The van der Waals surface area contributed by atoms with Crippen molar-refractivity contribution >= 4 is 5.97 Å². The molecule has 4 nitrogen and oxygen atoms in total. The van der Waals surface area contributed by atoms with Gasteiger partial charge in [-0.3, -0.25) is 4.90 Å². The predicted octanol–water partition coefficient (Wildman–Crippen LogP) is 3.59. The van der Waals surface area contributed by atoms with Crippen molar-refractivity contribution in [3.05, 3.63) is 71.8 Å². The number of nitrogens with zero attached hydrogens (tertiary/aromatic N) is 1. The highest BCUT2D eigenvalue weighted by Gasteiger charge is 2.44. The monoisotopic (exact) mass is 355 g/mol. The van der Waals surface area contributed by atoms with E-state index in [1.54, 1.807) is 48.5 Å². The fraction of sp³-hybridized carbons (Fsp3) is 0.409. The van der Waals surface area contributed by atoms with E-state index in [1.165, 1.54) is 0 Å². The molecule has 2 aromatic carbocycles. The molecule has 2 aromatic rings. The molecule has 0 saturated carbocycles. The van der Waals surface area contributed by atoms with Crippen LogP contribution in [0.1, 0.15) is 38.8 Å². The van der Waals surface area contributed by atoms with Gasteiger partial charge in [-0.2, -0.15) is 0 Å². The molecule has 0 bridgehead atoms. The summed E-state index contributed by atoms with van der Waals surface area (Å²) in [6.07, 6.45) is 0. The van der Waals surface area contributed by atoms with Gasteiger partial charge in [0.25, 0.3) is 0 Å². The minimum atomic E-state index is -1.84. The number of carbonyl (C=O) groups is 1. The molecule has 26 heavy (non-hydrogen) atoms. The predicted molar refractivity (Wildman–Crippen MR) is 104 cm³/mol. The molecule has 0 aromatic heterocycles. The van der Waals surface area contributed by atoms with Crippen molar-refractivity contribution in [2.75, 3.05) is 19.6 Å². The summed E-state index contributed by atoms with van der Waals surface area (Å²) in [6.45, 7) is 10.3. The SMILES string of the molecule is CCN(CC)CC(C)(C)OC(=O)C(O)(c1ccccc1)c1ccccc1. The van der Waals surface area contributed by atoms with Gasteiger partial charge in [0.1, 0.15) is 5.60 Å². The lowest BCUT2D eigenvalue weighted by Crippen LogP contribution is -2.47. The molecule has 0 fully saturated rings. The van der Waals surface area contributed by atoms with Crippen LogP contribution in [-0.2, 0) is 15.1 Å². The van der Waals surface area contributed by atoms with Crippen molar-refractivity contribution in [3.63, 3.8) is 0 Å². The van der Waals surface area contributed by atoms with Crippen molar-refractivity contribution in [2.45, 2.75) is 38.9 Å². The molecule has 2 rings (SSSR count). The number of benzene rings is 2. The highest BCUT2D eigenvalue weighted by Crippen LogP contribution is 2.32. The van der Waals surface area contributed by atoms with Gasteiger partial charge in [-0.1, -0.05) is 74.5 Å². The first kappa shape index (κ1) is 20.1. The minimum absolute atomic E-state index is 0.495. The van der Waals surface area contributed by atoms with Gasteiger partial charge >= 0.3 is 5.97 Å². The van der Waals surface area contributed by atoms with Crippen molar-refractivity contribution in [1.82, 2.24) is 4.90 Å². The van der Waals surface area contributed by atoms with Crippen molar-refractivity contribution in [1.29, 1.82) is 0 Å². The maximum atomic E-state index is 13.1. The van der Waals surface area contributed by atoms with E-state index in [0.29, 0.717) is 17.7 Å². The Kier molecular flexibility index (Phi) is 6.57. The molecule has 0 spiro atoms. The van der Waals surface area contributed by atoms with Gasteiger partial charge in [-0.15, -0.1) is 0 Å². The number of aliphatic hydroxyl groups is 1. The molecule has 0 unspecified atom stereocenters. The van der Waals surface area contributed by atoms with E-state index in [1.807, 2.05) is 26.0 Å². The Balaban J connectivity index is 2.36. The Hall–Kier alpha value is -2.17. The lowest BCUT2D eigenvalue weighted by atomic mass is 9.86. The van der Waals surface area contributed by atoms with Gasteiger partial charge in [0.05, 0.1) is 0 Å². The zero-order chi connectivity index (χ0) is 19.2. The lowest BCUT2D eigenvalue weighted by Gasteiger charge is -2.35. The number of hydrogen-bond acceptors (Lipinski definition) is 4. The average Bonchev–Trinajstić information content (AvgIpc) is 2.66. The summed E-state index contributed by atoms with van der Waals surface area (Å²) < 4.78 is 5.82. The van der Waals surface area contributed by atoms with Gasteiger partial charge in [-0.05, 0) is 38.1 Å². The van der Waals surface area contributed by atoms with Gasteiger partial charge < -0.3 is 9.84 Å². The molecule has 0 aliphatic carbocycles. The van der Waals surface area contributed by atoms with Crippen LogP contribution in [0.15, 0.2) is 60.7 Å². The third kappa shape index (κ3) is 4.51. The third-order valence-corrected chi connectivity index (χ3v) is 4.55. The Bertz CT molecular complexity index is 654. The molecule has 0 heterocycles. The molecule has 0 atom stereocenters. The molecular weight excluding hydrogens is 326 g/mol. The number of hydrogen-bond donors (Lipinski definition) is 1. The second kappa shape index (κ2) is 8.47. The number of esters is 1. The number of likely N-dealkylation sites (N-methyl/N-ethyl adjacent to an activating group) is 1. The van der Waals surface area contributed by atoms with Crippen molar-refractivity contribution in [3.8, 4) is 0 Å². The van der Waals surface area contributed by atoms with E-state index >= 15 is 0 Å². The highest BCUT2D eigenvalue weighted by molar-refractivity contribution is 5.85. The maximum Gasteiger partial charge on any atom is 0.348 e. The lowest BCUT2D eigenvalue weighted by molar-refractivity contribution is -0.177. The van der Waals surface area contributed by atoms with Gasteiger partial charge in [0.15, 0.2) is 0 Å². The van der Waals surface area contributed by atoms with Crippen LogP contribution in [0.3, 0.4) is 0 Å². The van der Waals surface area contributed by atoms with Crippen LogP contribution in [0.25, 0.3) is 0 Å². The summed E-state index contributed by atoms with van der Waals surface area (Å²) in [5, 5.41) is 11.4. The zero-order valence-electron chi connectivity index (χ0n) is 16.1. The van der Waals surface area contributed by atoms with Crippen LogP contribution in [0.2, 0.25) is 0 Å². The molecule has 0 amide bonds. The van der Waals surface area contributed by atoms with E-state index in [4.69, 9.17) is 4.74 Å². The number of carbonyl (C=O) groups excluding carboxylic acids is 1. The maximum absolute atomic E-state index is 13.1. The molecule has 4 heteroatoms. The van der Waals surface area contributed by atoms with E-state index in [2.05, 4.69) is 18.7 Å². The molecule has 140 valence electrons. The largest absolute Gasteiger partial charge is 0.456 e. The van der Waals surface area contributed by atoms with Crippen LogP contribution in [-0.4, -0.2) is 41.2 Å². The first-order valence-electron chi connectivity index (χ1n) is 9.12. The molecule has 0 radical (unpaired) electrons. The normalized spacial score (nSPS) is 12.2. The molecule has 1 N–H and O–H groups in total. The second-order valence-corrected chi connectivity index (χ2v) is 7.05. The average molecular weight is 355 g/mol. The first-order valence-corrected chi connectivity index (χ1v) is 9.12. The fourth-order valence-corrected chi connectivity index (χ4v) is 3.10. The Labute approximate surface area is 156 Å². The first-order chi connectivity index (χ1) is 12.3. The van der Waals surface area contributed by atoms with Crippen molar-refractivity contribution < 1.29 is 14.6 Å². The Morgan fingerprint density at radius 2 is 1.35 bits per heavy atom. The van der Waals surface area contributed by atoms with Gasteiger partial charge in [0.2, 0.25) is 5.60 Å². The molecule has 0 aliphatic heterocycles. The van der Waals surface area contributed by atoms with E-state index in [0.717, 1.165) is 13.1 Å². The summed E-state index contributed by atoms with van der Waals surface area (Å²) >= 11 is 0. The van der Waals surface area contributed by atoms with Crippen LogP contribution in [0.5, 0.6) is 0 Å². The topological polar surface area (TPSA) is 49.8 Å². The third-order valence-electron chi connectivity index (χ3n) is 4.55. The number of rotatable bonds is 8. The van der Waals surface area contributed by atoms with Gasteiger partial charge in [-0.25, -0.2) is 4.79 Å². The van der Waals surface area contributed by atoms with Crippen LogP contribution >= 0.6 is 0 Å². The van der Waals surface area contributed by atoms with E-state index in [-0.39, 0.29) is 0 Å². The molecule has 0 saturated heterocycles. The summed E-state index contributed by atoms with van der Waals surface area (Å²) in [5.74, 6) is -0.660. The zero-order valence-corrected chi connectivity index (χ0v) is 16.1. The van der Waals surface area contributed by atoms with Crippen LogP contribution in [0, 0.1) is 0 Å². The van der Waals surface area contributed by atoms with Crippen LogP contribution < -0.4 is 0 Å². The van der Waals surface area contributed by atoms with Gasteiger partial charge in [0, 0.05) is 6.54 Å². The number of ether oxygens (including phenoxy) is 1. The standard InChI is InChI=1S/C22H29NO3/c1-5-23(6-2)17-21(3,4)26-20(24)22(25,18-13-9-7-10-14-18)19-15-11-8-12-16-19/h7-16,25H,5-6,17H2,1-4H3. The molecular formula is C22H29NO3. The van der Waals surface area contributed by atoms with Crippen LogP contribution in [0.4, 0.5) is 0 Å². The quantitative estimate of drug-likeness (QED) is 0.735. The highest BCUT2D eigenvalue weighted by atomic mass is 16.6. The van der Waals surface area contributed by atoms with Crippen molar-refractivity contribution in [2.24, 2.45) is 0 Å². The summed E-state index contributed by atoms with van der Waals surface area (Å²) in [5.41, 5.74) is -1.58. The molecule has 0 aliphatic rings. The minimum Gasteiger partial charge on any atom is -0.456 e.